The van der Waals surface area contributed by atoms with E-state index in [-0.39, 0.29) is 0 Å². The largest absolute Gasteiger partial charge is 0.368 e. The van der Waals surface area contributed by atoms with Crippen LogP contribution in [0.3, 0.4) is 0 Å². The molecule has 6 heteroatoms. The van der Waals surface area contributed by atoms with E-state index in [1.54, 1.807) is 6.20 Å². The Kier molecular flexibility index (Phi) is 4.40. The van der Waals surface area contributed by atoms with Crippen LogP contribution < -0.4 is 10.6 Å². The number of aromatic nitrogens is 2. The summed E-state index contributed by atoms with van der Waals surface area (Å²) in [7, 11) is 4.24. The smallest absolute Gasteiger partial charge is 0.222 e. The Hall–Kier alpha value is -0.880. The van der Waals surface area contributed by atoms with Gasteiger partial charge in [0.05, 0.1) is 4.47 Å². The van der Waals surface area contributed by atoms with E-state index in [1.165, 1.54) is 25.9 Å². The Morgan fingerprint density at radius 3 is 2.83 bits per heavy atom. The molecule has 0 amide bonds. The van der Waals surface area contributed by atoms with Crippen LogP contribution in [0, 0.1) is 5.92 Å². The molecule has 0 aliphatic carbocycles. The van der Waals surface area contributed by atoms with Gasteiger partial charge in [0.1, 0.15) is 5.82 Å². The predicted octanol–water partition coefficient (Wildman–Crippen LogP) is 1.60. The van der Waals surface area contributed by atoms with Gasteiger partial charge >= 0.3 is 0 Å². The molecule has 0 radical (unpaired) electrons. The third-order valence-electron chi connectivity index (χ3n) is 3.48. The van der Waals surface area contributed by atoms with Gasteiger partial charge in [-0.2, -0.15) is 4.98 Å². The molecule has 5 nitrogen and oxygen atoms in total. The number of hydrogen-bond acceptors (Lipinski definition) is 5. The molecule has 1 aromatic heterocycles. The van der Waals surface area contributed by atoms with E-state index in [1.807, 2.05) is 0 Å². The Bertz CT molecular complexity index is 403. The molecule has 0 saturated carbocycles. The van der Waals surface area contributed by atoms with E-state index in [9.17, 15) is 0 Å². The second-order valence-corrected chi connectivity index (χ2v) is 5.88. The fourth-order valence-electron chi connectivity index (χ4n) is 2.36. The summed E-state index contributed by atoms with van der Waals surface area (Å²) < 4.78 is 0.895. The SMILES string of the molecule is CN1CCC(CN(C)c2nc(N)ncc2Br)CC1. The Labute approximate surface area is 117 Å². The highest BCUT2D eigenvalue weighted by Crippen LogP contribution is 2.25. The quantitative estimate of drug-likeness (QED) is 0.918. The number of nitrogens with two attached hydrogens (primary N) is 1. The first-order chi connectivity index (χ1) is 8.56. The molecular formula is C12H20BrN5. The van der Waals surface area contributed by atoms with Crippen molar-refractivity contribution >= 4 is 27.7 Å². The van der Waals surface area contributed by atoms with Gasteiger partial charge < -0.3 is 15.5 Å². The summed E-state index contributed by atoms with van der Waals surface area (Å²) in [4.78, 5) is 12.8. The maximum Gasteiger partial charge on any atom is 0.222 e. The van der Waals surface area contributed by atoms with Crippen molar-refractivity contribution in [1.29, 1.82) is 0 Å². The molecule has 0 unspecified atom stereocenters. The summed E-state index contributed by atoms with van der Waals surface area (Å²) >= 11 is 3.47. The van der Waals surface area contributed by atoms with Gasteiger partial charge in [-0.3, -0.25) is 0 Å². The van der Waals surface area contributed by atoms with Crippen LogP contribution in [0.5, 0.6) is 0 Å². The molecule has 0 atom stereocenters. The summed E-state index contributed by atoms with van der Waals surface area (Å²) in [6, 6.07) is 0. The number of halogens is 1. The third kappa shape index (κ3) is 3.32. The molecule has 0 aromatic carbocycles. The van der Waals surface area contributed by atoms with Crippen LogP contribution in [-0.4, -0.2) is 48.6 Å². The Morgan fingerprint density at radius 2 is 2.17 bits per heavy atom. The minimum atomic E-state index is 0.323. The molecule has 1 aliphatic heterocycles. The van der Waals surface area contributed by atoms with Crippen LogP contribution in [0.4, 0.5) is 11.8 Å². The average molecular weight is 314 g/mol. The molecule has 0 bridgehead atoms. The molecule has 2 rings (SSSR count). The Balaban J connectivity index is 1.98. The third-order valence-corrected chi connectivity index (χ3v) is 4.04. The van der Waals surface area contributed by atoms with E-state index in [0.29, 0.717) is 5.95 Å². The fourth-order valence-corrected chi connectivity index (χ4v) is 2.85. The first kappa shape index (κ1) is 13.5. The summed E-state index contributed by atoms with van der Waals surface area (Å²) in [5.74, 6) is 1.93. The van der Waals surface area contributed by atoms with Crippen LogP contribution in [0.15, 0.2) is 10.7 Å². The van der Waals surface area contributed by atoms with Gasteiger partial charge in [-0.05, 0) is 54.8 Å². The second kappa shape index (κ2) is 5.84. The van der Waals surface area contributed by atoms with Crippen molar-refractivity contribution in [3.63, 3.8) is 0 Å². The number of likely N-dealkylation sites (tertiary alicyclic amines) is 1. The number of piperidine rings is 1. The first-order valence-corrected chi connectivity index (χ1v) is 7.03. The lowest BCUT2D eigenvalue weighted by atomic mass is 9.97. The zero-order valence-corrected chi connectivity index (χ0v) is 12.5. The highest BCUT2D eigenvalue weighted by atomic mass is 79.9. The maximum atomic E-state index is 5.64. The fraction of sp³-hybridized carbons (Fsp3) is 0.667. The lowest BCUT2D eigenvalue weighted by molar-refractivity contribution is 0.222. The number of nitrogens with zero attached hydrogens (tertiary/aromatic N) is 4. The highest BCUT2D eigenvalue weighted by molar-refractivity contribution is 9.10. The van der Waals surface area contributed by atoms with E-state index in [4.69, 9.17) is 5.73 Å². The van der Waals surface area contributed by atoms with Crippen molar-refractivity contribution in [2.45, 2.75) is 12.8 Å². The lowest BCUT2D eigenvalue weighted by Gasteiger charge is -2.32. The minimum Gasteiger partial charge on any atom is -0.368 e. The van der Waals surface area contributed by atoms with E-state index >= 15 is 0 Å². The summed E-state index contributed by atoms with van der Waals surface area (Å²) in [5.41, 5.74) is 5.64. The standard InChI is InChI=1S/C12H20BrN5/c1-17-5-3-9(4-6-17)8-18(2)11-10(13)7-15-12(14)16-11/h7,9H,3-6,8H2,1-2H3,(H2,14,15,16). The monoisotopic (exact) mass is 313 g/mol. The molecular weight excluding hydrogens is 294 g/mol. The minimum absolute atomic E-state index is 0.323. The van der Waals surface area contributed by atoms with Crippen LogP contribution in [-0.2, 0) is 0 Å². The number of hydrogen-bond donors (Lipinski definition) is 1. The zero-order chi connectivity index (χ0) is 13.1. The predicted molar refractivity (Wildman–Crippen MR) is 77.6 cm³/mol. The number of anilines is 2. The maximum absolute atomic E-state index is 5.64. The van der Waals surface area contributed by atoms with Gasteiger partial charge in [0, 0.05) is 19.8 Å². The molecule has 100 valence electrons. The van der Waals surface area contributed by atoms with E-state index in [0.717, 1.165) is 22.8 Å². The molecule has 18 heavy (non-hydrogen) atoms. The van der Waals surface area contributed by atoms with Gasteiger partial charge in [0.2, 0.25) is 5.95 Å². The molecule has 1 saturated heterocycles. The summed E-state index contributed by atoms with van der Waals surface area (Å²) in [6.07, 6.45) is 4.21. The van der Waals surface area contributed by atoms with Gasteiger partial charge in [-0.15, -0.1) is 0 Å². The topological polar surface area (TPSA) is 58.3 Å². The van der Waals surface area contributed by atoms with Crippen LogP contribution in [0.1, 0.15) is 12.8 Å². The van der Waals surface area contributed by atoms with Crippen molar-refractivity contribution in [3.8, 4) is 0 Å². The van der Waals surface area contributed by atoms with E-state index < -0.39 is 0 Å². The molecule has 2 heterocycles. The first-order valence-electron chi connectivity index (χ1n) is 6.24. The Morgan fingerprint density at radius 1 is 1.50 bits per heavy atom. The lowest BCUT2D eigenvalue weighted by Crippen LogP contribution is -2.36. The molecule has 1 fully saturated rings. The second-order valence-electron chi connectivity index (χ2n) is 5.03. The number of rotatable bonds is 3. The van der Waals surface area contributed by atoms with Crippen molar-refractivity contribution in [1.82, 2.24) is 14.9 Å². The highest BCUT2D eigenvalue weighted by Gasteiger charge is 2.19. The van der Waals surface area contributed by atoms with Crippen LogP contribution >= 0.6 is 15.9 Å². The van der Waals surface area contributed by atoms with Crippen LogP contribution in [0.2, 0.25) is 0 Å². The van der Waals surface area contributed by atoms with Crippen molar-refractivity contribution in [2.24, 2.45) is 5.92 Å². The normalized spacial score (nSPS) is 17.9. The molecule has 0 spiro atoms. The van der Waals surface area contributed by atoms with Gasteiger partial charge in [-0.1, -0.05) is 0 Å². The van der Waals surface area contributed by atoms with Gasteiger partial charge in [0.15, 0.2) is 0 Å². The van der Waals surface area contributed by atoms with E-state index in [2.05, 4.69) is 49.8 Å². The summed E-state index contributed by atoms with van der Waals surface area (Å²) in [5, 5.41) is 0. The van der Waals surface area contributed by atoms with Crippen molar-refractivity contribution in [2.75, 3.05) is 44.4 Å². The average Bonchev–Trinajstić information content (AvgIpc) is 2.35. The number of nitrogen functional groups attached to an aromatic ring is 1. The zero-order valence-electron chi connectivity index (χ0n) is 10.9. The summed E-state index contributed by atoms with van der Waals surface area (Å²) in [6.45, 7) is 3.39. The molecule has 1 aromatic rings. The van der Waals surface area contributed by atoms with Crippen molar-refractivity contribution in [3.05, 3.63) is 10.7 Å². The van der Waals surface area contributed by atoms with Gasteiger partial charge in [-0.25, -0.2) is 4.98 Å². The molecule has 1 aliphatic rings. The molecule has 2 N–H and O–H groups in total. The van der Waals surface area contributed by atoms with Crippen LogP contribution in [0.25, 0.3) is 0 Å². The van der Waals surface area contributed by atoms with Crippen molar-refractivity contribution < 1.29 is 0 Å². The van der Waals surface area contributed by atoms with Gasteiger partial charge in [0.25, 0.3) is 0 Å².